The Hall–Kier alpha value is -1.50. The predicted molar refractivity (Wildman–Crippen MR) is 66.7 cm³/mol. The van der Waals surface area contributed by atoms with E-state index in [1.807, 2.05) is 0 Å². The summed E-state index contributed by atoms with van der Waals surface area (Å²) >= 11 is 11.6. The Morgan fingerprint density at radius 2 is 2.18 bits per heavy atom. The van der Waals surface area contributed by atoms with E-state index < -0.39 is 12.1 Å². The topological polar surface area (TPSA) is 50.1 Å². The highest BCUT2D eigenvalue weighted by Gasteiger charge is 2.04. The lowest BCUT2D eigenvalue weighted by molar-refractivity contribution is -0.139. The van der Waals surface area contributed by atoms with Gasteiger partial charge in [0.2, 0.25) is 0 Å². The minimum atomic E-state index is -0.763. The molecule has 0 aliphatic heterocycles. The molecule has 0 saturated carbocycles. The van der Waals surface area contributed by atoms with Gasteiger partial charge >= 0.3 is 5.97 Å². The lowest BCUT2D eigenvalue weighted by atomic mass is 10.2. The maximum Gasteiger partial charge on any atom is 0.332 e. The number of halogens is 2. The van der Waals surface area contributed by atoms with E-state index in [0.29, 0.717) is 10.0 Å². The van der Waals surface area contributed by atoms with Crippen LogP contribution in [0.4, 0.5) is 0 Å². The van der Waals surface area contributed by atoms with E-state index in [-0.39, 0.29) is 0 Å². The highest BCUT2D eigenvalue weighted by atomic mass is 35.5. The van der Waals surface area contributed by atoms with Crippen molar-refractivity contribution in [2.75, 3.05) is 0 Å². The Morgan fingerprint density at radius 3 is 2.76 bits per heavy atom. The summed E-state index contributed by atoms with van der Waals surface area (Å²) in [6.07, 6.45) is 2.00. The van der Waals surface area contributed by atoms with E-state index in [0.717, 1.165) is 5.56 Å². The summed E-state index contributed by atoms with van der Waals surface area (Å²) in [7, 11) is 0. The number of esters is 1. The largest absolute Gasteiger partial charge is 0.444 e. The van der Waals surface area contributed by atoms with Crippen molar-refractivity contribution < 1.29 is 9.53 Å². The van der Waals surface area contributed by atoms with E-state index in [1.165, 1.54) is 19.1 Å². The number of hydrogen-bond donors (Lipinski definition) is 0. The molecule has 1 aromatic carbocycles. The van der Waals surface area contributed by atoms with Gasteiger partial charge in [-0.3, -0.25) is 0 Å². The predicted octanol–water partition coefficient (Wildman–Crippen LogP) is 3.46. The third kappa shape index (κ3) is 4.48. The smallest absolute Gasteiger partial charge is 0.332 e. The number of ether oxygens (including phenoxy) is 1. The average molecular weight is 270 g/mol. The molecule has 0 radical (unpaired) electrons. The Morgan fingerprint density at radius 1 is 1.47 bits per heavy atom. The molecule has 88 valence electrons. The lowest BCUT2D eigenvalue weighted by Crippen LogP contribution is -2.10. The molecule has 0 heterocycles. The minimum absolute atomic E-state index is 0.410. The van der Waals surface area contributed by atoms with Crippen molar-refractivity contribution >= 4 is 35.2 Å². The van der Waals surface area contributed by atoms with Gasteiger partial charge in [0, 0.05) is 6.08 Å². The molecule has 0 amide bonds. The van der Waals surface area contributed by atoms with Crippen LogP contribution >= 0.6 is 23.2 Å². The molecule has 0 fully saturated rings. The molecule has 5 heteroatoms. The highest BCUT2D eigenvalue weighted by Crippen LogP contribution is 2.23. The van der Waals surface area contributed by atoms with E-state index in [4.69, 9.17) is 33.2 Å². The first kappa shape index (κ1) is 13.6. The zero-order valence-corrected chi connectivity index (χ0v) is 10.5. The Kier molecular flexibility index (Phi) is 5.02. The summed E-state index contributed by atoms with van der Waals surface area (Å²) < 4.78 is 4.73. The maximum absolute atomic E-state index is 11.2. The number of nitriles is 1. The first-order valence-corrected chi connectivity index (χ1v) is 5.52. The first-order valence-electron chi connectivity index (χ1n) is 4.76. The van der Waals surface area contributed by atoms with Gasteiger partial charge in [0.1, 0.15) is 6.07 Å². The van der Waals surface area contributed by atoms with Crippen LogP contribution in [0.5, 0.6) is 0 Å². The van der Waals surface area contributed by atoms with Crippen molar-refractivity contribution in [1.29, 1.82) is 5.26 Å². The molecule has 17 heavy (non-hydrogen) atoms. The van der Waals surface area contributed by atoms with Gasteiger partial charge < -0.3 is 4.74 Å². The standard InChI is InChI=1S/C12H9Cl2NO2/c1-8(7-15)17-12(16)5-3-9-2-4-10(13)11(14)6-9/h2-6,8H,1H3. The van der Waals surface area contributed by atoms with E-state index in [9.17, 15) is 4.79 Å². The minimum Gasteiger partial charge on any atom is -0.444 e. The Balaban J connectivity index is 2.68. The summed E-state index contributed by atoms with van der Waals surface area (Å²) in [5.74, 6) is -0.579. The van der Waals surface area contributed by atoms with Gasteiger partial charge in [-0.15, -0.1) is 0 Å². The van der Waals surface area contributed by atoms with Crippen molar-refractivity contribution in [3.8, 4) is 6.07 Å². The van der Waals surface area contributed by atoms with Crippen molar-refractivity contribution in [2.45, 2.75) is 13.0 Å². The third-order valence-corrected chi connectivity index (χ3v) is 2.57. The Bertz CT molecular complexity index is 492. The molecule has 0 spiro atoms. The van der Waals surface area contributed by atoms with Gasteiger partial charge in [0.25, 0.3) is 0 Å². The van der Waals surface area contributed by atoms with E-state index in [2.05, 4.69) is 0 Å². The number of benzene rings is 1. The number of nitrogens with zero attached hydrogens (tertiary/aromatic N) is 1. The third-order valence-electron chi connectivity index (χ3n) is 1.83. The monoisotopic (exact) mass is 269 g/mol. The molecule has 0 aliphatic rings. The van der Waals surface area contributed by atoms with Crippen molar-refractivity contribution in [1.82, 2.24) is 0 Å². The second-order valence-electron chi connectivity index (χ2n) is 3.22. The van der Waals surface area contributed by atoms with Crippen LogP contribution in [0, 0.1) is 11.3 Å². The molecule has 0 aliphatic carbocycles. The summed E-state index contributed by atoms with van der Waals surface area (Å²) in [5.41, 5.74) is 0.723. The van der Waals surface area contributed by atoms with Gasteiger partial charge in [-0.1, -0.05) is 29.3 Å². The molecule has 1 rings (SSSR count). The molecule has 1 unspecified atom stereocenters. The molecule has 0 bridgehead atoms. The zero-order chi connectivity index (χ0) is 12.8. The SMILES string of the molecule is CC(C#N)OC(=O)C=Cc1ccc(Cl)c(Cl)c1. The molecular weight excluding hydrogens is 261 g/mol. The van der Waals surface area contributed by atoms with Gasteiger partial charge in [0.15, 0.2) is 6.10 Å². The van der Waals surface area contributed by atoms with Crippen LogP contribution in [-0.2, 0) is 9.53 Å². The van der Waals surface area contributed by atoms with E-state index >= 15 is 0 Å². The van der Waals surface area contributed by atoms with Crippen LogP contribution in [0.25, 0.3) is 6.08 Å². The number of hydrogen-bond acceptors (Lipinski definition) is 3. The number of carbonyl (C=O) groups is 1. The fourth-order valence-corrected chi connectivity index (χ4v) is 1.33. The van der Waals surface area contributed by atoms with Gasteiger partial charge in [0.05, 0.1) is 10.0 Å². The number of carbonyl (C=O) groups excluding carboxylic acids is 1. The van der Waals surface area contributed by atoms with Crippen LogP contribution < -0.4 is 0 Å². The molecule has 3 nitrogen and oxygen atoms in total. The van der Waals surface area contributed by atoms with Gasteiger partial charge in [-0.25, -0.2) is 4.79 Å². The van der Waals surface area contributed by atoms with E-state index in [1.54, 1.807) is 24.3 Å². The molecule has 0 N–H and O–H groups in total. The van der Waals surface area contributed by atoms with Gasteiger partial charge in [-0.2, -0.15) is 5.26 Å². The summed E-state index contributed by atoms with van der Waals surface area (Å²) in [4.78, 5) is 11.2. The fraction of sp³-hybridized carbons (Fsp3) is 0.167. The van der Waals surface area contributed by atoms with Crippen molar-refractivity contribution in [2.24, 2.45) is 0 Å². The van der Waals surface area contributed by atoms with Crippen LogP contribution in [-0.4, -0.2) is 12.1 Å². The van der Waals surface area contributed by atoms with Crippen LogP contribution in [0.3, 0.4) is 0 Å². The van der Waals surface area contributed by atoms with Crippen LogP contribution in [0.1, 0.15) is 12.5 Å². The molecule has 0 aromatic heterocycles. The fourth-order valence-electron chi connectivity index (χ4n) is 1.02. The Labute approximate surface area is 109 Å². The average Bonchev–Trinajstić information content (AvgIpc) is 2.30. The first-order chi connectivity index (χ1) is 8.02. The quantitative estimate of drug-likeness (QED) is 0.624. The highest BCUT2D eigenvalue weighted by molar-refractivity contribution is 6.42. The van der Waals surface area contributed by atoms with Crippen molar-refractivity contribution in [3.05, 3.63) is 39.9 Å². The lowest BCUT2D eigenvalue weighted by Gasteiger charge is -2.01. The molecule has 0 saturated heterocycles. The maximum atomic E-state index is 11.2. The second-order valence-corrected chi connectivity index (χ2v) is 4.03. The summed E-state index contributed by atoms with van der Waals surface area (Å²) in [5, 5.41) is 9.31. The van der Waals surface area contributed by atoms with Crippen LogP contribution in [0.2, 0.25) is 10.0 Å². The second kappa shape index (κ2) is 6.29. The van der Waals surface area contributed by atoms with Crippen LogP contribution in [0.15, 0.2) is 24.3 Å². The molecule has 1 atom stereocenters. The summed E-state index contributed by atoms with van der Waals surface area (Å²) in [6.45, 7) is 1.49. The number of rotatable bonds is 3. The molecule has 1 aromatic rings. The zero-order valence-electron chi connectivity index (χ0n) is 8.98. The summed E-state index contributed by atoms with van der Waals surface area (Å²) in [6, 6.07) is 6.77. The molecular formula is C12H9Cl2NO2. The normalized spacial score (nSPS) is 12.1. The van der Waals surface area contributed by atoms with Crippen molar-refractivity contribution in [3.63, 3.8) is 0 Å². The van der Waals surface area contributed by atoms with Gasteiger partial charge in [-0.05, 0) is 30.7 Å².